The van der Waals surface area contributed by atoms with Crippen LogP contribution < -0.4 is 5.32 Å². The van der Waals surface area contributed by atoms with Gasteiger partial charge in [0, 0.05) is 12.4 Å². The summed E-state index contributed by atoms with van der Waals surface area (Å²) >= 11 is 0. The number of hydrogen-bond donors (Lipinski definition) is 3. The molecule has 2 aromatic rings. The Hall–Kier alpha value is -2.41. The van der Waals surface area contributed by atoms with Crippen molar-refractivity contribution in [1.29, 1.82) is 0 Å². The lowest BCUT2D eigenvalue weighted by molar-refractivity contribution is -0.155. The van der Waals surface area contributed by atoms with Gasteiger partial charge in [-0.15, -0.1) is 0 Å². The van der Waals surface area contributed by atoms with Crippen molar-refractivity contribution in [3.8, 4) is 0 Å². The summed E-state index contributed by atoms with van der Waals surface area (Å²) < 4.78 is 1.57. The molecule has 2 rings (SSSR count). The van der Waals surface area contributed by atoms with Crippen LogP contribution in [0, 0.1) is 0 Å². The van der Waals surface area contributed by atoms with Crippen molar-refractivity contribution in [3.05, 3.63) is 30.0 Å². The van der Waals surface area contributed by atoms with E-state index >= 15 is 0 Å². The number of carbonyl (C=O) groups excluding carboxylic acids is 1. The molecule has 1 aromatic carbocycles. The number of aryl methyl sites for hydroxylation is 1. The number of fused-ring (bicyclic) bond motifs is 1. The number of aliphatic carboxylic acids is 1. The molecule has 7 heteroatoms. The number of hydrogen-bond acceptors (Lipinski definition) is 4. The number of rotatable bonds is 4. The molecule has 0 aliphatic carbocycles. The van der Waals surface area contributed by atoms with Gasteiger partial charge in [-0.3, -0.25) is 9.48 Å². The first-order chi connectivity index (χ1) is 9.33. The van der Waals surface area contributed by atoms with E-state index in [1.54, 1.807) is 23.9 Å². The minimum Gasteiger partial charge on any atom is -0.479 e. The molecule has 1 amide bonds. The predicted molar refractivity (Wildman–Crippen MR) is 71.3 cm³/mol. The predicted octanol–water partition coefficient (Wildman–Crippen LogP) is 0.139. The third kappa shape index (κ3) is 2.48. The van der Waals surface area contributed by atoms with Crippen molar-refractivity contribution >= 4 is 22.8 Å². The number of carbonyl (C=O) groups is 2. The van der Waals surface area contributed by atoms with Gasteiger partial charge < -0.3 is 15.5 Å². The van der Waals surface area contributed by atoms with Gasteiger partial charge in [0.25, 0.3) is 5.91 Å². The van der Waals surface area contributed by atoms with Crippen LogP contribution in [0.4, 0.5) is 0 Å². The van der Waals surface area contributed by atoms with Crippen molar-refractivity contribution in [1.82, 2.24) is 15.1 Å². The number of carboxylic acid groups (broad SMARTS) is 1. The molecule has 0 saturated heterocycles. The lowest BCUT2D eigenvalue weighted by atomic mass is 10.1. The van der Waals surface area contributed by atoms with Crippen LogP contribution >= 0.6 is 0 Å². The first-order valence-electron chi connectivity index (χ1n) is 5.98. The van der Waals surface area contributed by atoms with Gasteiger partial charge in [-0.05, 0) is 13.0 Å². The number of amides is 1. The first kappa shape index (κ1) is 14.0. The Labute approximate surface area is 114 Å². The van der Waals surface area contributed by atoms with Crippen molar-refractivity contribution in [3.63, 3.8) is 0 Å². The van der Waals surface area contributed by atoms with Gasteiger partial charge in [0.1, 0.15) is 0 Å². The summed E-state index contributed by atoms with van der Waals surface area (Å²) in [6, 6.07) is 7.20. The number of aliphatic hydroxyl groups is 1. The molecule has 1 atom stereocenters. The first-order valence-corrected chi connectivity index (χ1v) is 5.98. The van der Waals surface area contributed by atoms with Crippen molar-refractivity contribution in [2.45, 2.75) is 12.5 Å². The summed E-state index contributed by atoms with van der Waals surface area (Å²) in [5, 5.41) is 25.5. The average Bonchev–Trinajstić information content (AvgIpc) is 2.74. The average molecular weight is 277 g/mol. The van der Waals surface area contributed by atoms with Crippen molar-refractivity contribution in [2.24, 2.45) is 7.05 Å². The molecule has 3 N–H and O–H groups in total. The zero-order valence-corrected chi connectivity index (χ0v) is 11.1. The van der Waals surface area contributed by atoms with Gasteiger partial charge in [-0.25, -0.2) is 4.79 Å². The lowest BCUT2D eigenvalue weighted by Crippen LogP contribution is -2.46. The second-order valence-electron chi connectivity index (χ2n) is 4.75. The SMILES string of the molecule is Cn1nc(C(=O)NCC(C)(O)C(=O)O)c2ccccc21. The second kappa shape index (κ2) is 4.93. The van der Waals surface area contributed by atoms with E-state index in [9.17, 15) is 14.7 Å². The van der Waals surface area contributed by atoms with E-state index in [1.165, 1.54) is 0 Å². The van der Waals surface area contributed by atoms with Crippen LogP contribution in [0.15, 0.2) is 24.3 Å². The van der Waals surface area contributed by atoms with E-state index in [0.717, 1.165) is 12.4 Å². The maximum atomic E-state index is 12.1. The minimum atomic E-state index is -2.01. The molecule has 0 fully saturated rings. The molecule has 1 heterocycles. The largest absolute Gasteiger partial charge is 0.479 e. The topological polar surface area (TPSA) is 104 Å². The summed E-state index contributed by atoms with van der Waals surface area (Å²) in [5.74, 6) is -1.92. The van der Waals surface area contributed by atoms with E-state index in [-0.39, 0.29) is 5.69 Å². The summed E-state index contributed by atoms with van der Waals surface area (Å²) in [6.45, 7) is 0.720. The number of nitrogens with zero attached hydrogens (tertiary/aromatic N) is 2. The zero-order chi connectivity index (χ0) is 14.9. The van der Waals surface area contributed by atoms with E-state index in [1.807, 2.05) is 12.1 Å². The van der Waals surface area contributed by atoms with E-state index in [2.05, 4.69) is 10.4 Å². The highest BCUT2D eigenvalue weighted by Crippen LogP contribution is 2.17. The number of benzene rings is 1. The summed E-state index contributed by atoms with van der Waals surface area (Å²) in [7, 11) is 1.71. The van der Waals surface area contributed by atoms with Gasteiger partial charge in [0.2, 0.25) is 0 Å². The molecule has 0 bridgehead atoms. The Kier molecular flexibility index (Phi) is 3.46. The Morgan fingerprint density at radius 1 is 1.40 bits per heavy atom. The molecule has 0 aliphatic heterocycles. The van der Waals surface area contributed by atoms with Gasteiger partial charge in [-0.1, -0.05) is 18.2 Å². The van der Waals surface area contributed by atoms with Crippen LogP contribution in [0.3, 0.4) is 0 Å². The fourth-order valence-electron chi connectivity index (χ4n) is 1.79. The monoisotopic (exact) mass is 277 g/mol. The lowest BCUT2D eigenvalue weighted by Gasteiger charge is -2.17. The molecular formula is C13H15N3O4. The Bertz CT molecular complexity index is 675. The third-order valence-electron chi connectivity index (χ3n) is 3.03. The standard InChI is InChI=1S/C13H15N3O4/c1-13(20,12(18)19)7-14-11(17)10-8-5-3-4-6-9(8)16(2)15-10/h3-6,20H,7H2,1-2H3,(H,14,17)(H,18,19). The summed E-state index contributed by atoms with van der Waals surface area (Å²) in [4.78, 5) is 22.8. The molecule has 1 unspecified atom stereocenters. The van der Waals surface area contributed by atoms with E-state index < -0.39 is 24.0 Å². The van der Waals surface area contributed by atoms with Crippen LogP contribution in [0.5, 0.6) is 0 Å². The fourth-order valence-corrected chi connectivity index (χ4v) is 1.79. The highest BCUT2D eigenvalue weighted by Gasteiger charge is 2.31. The minimum absolute atomic E-state index is 0.198. The summed E-state index contributed by atoms with van der Waals surface area (Å²) in [6.07, 6.45) is 0. The molecule has 106 valence electrons. The second-order valence-corrected chi connectivity index (χ2v) is 4.75. The fraction of sp³-hybridized carbons (Fsp3) is 0.308. The number of carboxylic acids is 1. The molecular weight excluding hydrogens is 262 g/mol. The van der Waals surface area contributed by atoms with Gasteiger partial charge in [-0.2, -0.15) is 5.10 Å². The smallest absolute Gasteiger partial charge is 0.337 e. The molecule has 1 aromatic heterocycles. The maximum Gasteiger partial charge on any atom is 0.337 e. The van der Waals surface area contributed by atoms with E-state index in [0.29, 0.717) is 5.39 Å². The van der Waals surface area contributed by atoms with Crippen molar-refractivity contribution < 1.29 is 19.8 Å². The quantitative estimate of drug-likeness (QED) is 0.737. The number of aromatic nitrogens is 2. The third-order valence-corrected chi connectivity index (χ3v) is 3.03. The van der Waals surface area contributed by atoms with Crippen LogP contribution in [-0.2, 0) is 11.8 Å². The van der Waals surface area contributed by atoms with Gasteiger partial charge >= 0.3 is 5.97 Å². The van der Waals surface area contributed by atoms with Crippen molar-refractivity contribution in [2.75, 3.05) is 6.54 Å². The Balaban J connectivity index is 2.23. The van der Waals surface area contributed by atoms with E-state index in [4.69, 9.17) is 5.11 Å². The molecule has 0 aliphatic rings. The molecule has 0 radical (unpaired) electrons. The van der Waals surface area contributed by atoms with Crippen LogP contribution in [0.2, 0.25) is 0 Å². The van der Waals surface area contributed by atoms with Gasteiger partial charge in [0.15, 0.2) is 11.3 Å². The van der Waals surface area contributed by atoms with Crippen LogP contribution in [-0.4, -0.2) is 44.0 Å². The molecule has 0 spiro atoms. The zero-order valence-electron chi connectivity index (χ0n) is 11.1. The molecule has 0 saturated carbocycles. The molecule has 7 nitrogen and oxygen atoms in total. The Morgan fingerprint density at radius 3 is 2.70 bits per heavy atom. The highest BCUT2D eigenvalue weighted by atomic mass is 16.4. The van der Waals surface area contributed by atoms with Crippen LogP contribution in [0.1, 0.15) is 17.4 Å². The maximum absolute atomic E-state index is 12.1. The molecule has 20 heavy (non-hydrogen) atoms. The van der Waals surface area contributed by atoms with Crippen LogP contribution in [0.25, 0.3) is 10.9 Å². The summed E-state index contributed by atoms with van der Waals surface area (Å²) in [5.41, 5.74) is -1.02. The van der Waals surface area contributed by atoms with Gasteiger partial charge in [0.05, 0.1) is 12.1 Å². The normalized spacial score (nSPS) is 13.9. The Morgan fingerprint density at radius 2 is 2.05 bits per heavy atom. The number of nitrogens with one attached hydrogen (secondary N) is 1. The number of para-hydroxylation sites is 1. The highest BCUT2D eigenvalue weighted by molar-refractivity contribution is 6.05.